The van der Waals surface area contributed by atoms with Gasteiger partial charge in [0.1, 0.15) is 0 Å². The fourth-order valence-electron chi connectivity index (χ4n) is 3.23. The molecule has 0 unspecified atom stereocenters. The third-order valence-electron chi connectivity index (χ3n) is 4.69. The summed E-state index contributed by atoms with van der Waals surface area (Å²) in [6.45, 7) is 6.34. The van der Waals surface area contributed by atoms with E-state index in [0.29, 0.717) is 6.42 Å². The molecule has 0 amide bonds. The van der Waals surface area contributed by atoms with E-state index in [4.69, 9.17) is 5.26 Å². The Kier molecular flexibility index (Phi) is 7.86. The maximum atomic E-state index is 8.82. The van der Waals surface area contributed by atoms with Gasteiger partial charge in [0.25, 0.3) is 0 Å². The summed E-state index contributed by atoms with van der Waals surface area (Å²) in [6, 6.07) is 14.5. The zero-order valence-electron chi connectivity index (χ0n) is 15.2. The number of nitriles is 1. The first-order valence-electron chi connectivity index (χ1n) is 8.85. The second kappa shape index (κ2) is 10.1. The zero-order chi connectivity index (χ0) is 17.5. The van der Waals surface area contributed by atoms with Gasteiger partial charge in [-0.2, -0.15) is 5.26 Å². The minimum atomic E-state index is 0. The number of nitrogens with zero attached hydrogens (tertiary/aromatic N) is 4. The van der Waals surface area contributed by atoms with Crippen LogP contribution >= 0.6 is 12.4 Å². The highest BCUT2D eigenvalue weighted by Gasteiger charge is 2.19. The molecule has 6 heteroatoms. The summed E-state index contributed by atoms with van der Waals surface area (Å²) in [4.78, 5) is 9.57. The average molecular weight is 372 g/mol. The number of hydrogen-bond donors (Lipinski definition) is 1. The molecule has 0 radical (unpaired) electrons. The van der Waals surface area contributed by atoms with E-state index in [2.05, 4.69) is 44.4 Å². The summed E-state index contributed by atoms with van der Waals surface area (Å²) in [5.74, 6) is 0. The maximum Gasteiger partial charge on any atom is 0.0935 e. The monoisotopic (exact) mass is 371 g/mol. The summed E-state index contributed by atoms with van der Waals surface area (Å²) in [7, 11) is 2.00. The second-order valence-corrected chi connectivity index (χ2v) is 6.34. The van der Waals surface area contributed by atoms with Crippen LogP contribution in [-0.4, -0.2) is 56.2 Å². The van der Waals surface area contributed by atoms with Crippen LogP contribution in [-0.2, 0) is 6.42 Å². The Morgan fingerprint density at radius 2 is 1.85 bits per heavy atom. The van der Waals surface area contributed by atoms with E-state index in [0.717, 1.165) is 56.1 Å². The number of hydrogen-bond acceptors (Lipinski definition) is 5. The van der Waals surface area contributed by atoms with Crippen LogP contribution in [0.15, 0.2) is 42.6 Å². The van der Waals surface area contributed by atoms with Crippen molar-refractivity contribution in [3.8, 4) is 17.3 Å². The van der Waals surface area contributed by atoms with Gasteiger partial charge in [-0.15, -0.1) is 12.4 Å². The topological polar surface area (TPSA) is 55.2 Å². The predicted molar refractivity (Wildman–Crippen MR) is 109 cm³/mol. The van der Waals surface area contributed by atoms with Crippen molar-refractivity contribution in [3.05, 3.63) is 48.2 Å². The first-order chi connectivity index (χ1) is 12.3. The van der Waals surface area contributed by atoms with Crippen molar-refractivity contribution in [1.29, 1.82) is 5.26 Å². The van der Waals surface area contributed by atoms with Crippen LogP contribution in [0.4, 0.5) is 5.69 Å². The van der Waals surface area contributed by atoms with E-state index in [9.17, 15) is 0 Å². The number of likely N-dealkylation sites (N-methyl/N-ethyl adjacent to an activating group) is 1. The number of rotatable bonds is 6. The smallest absolute Gasteiger partial charge is 0.0935 e. The van der Waals surface area contributed by atoms with Crippen molar-refractivity contribution >= 4 is 18.1 Å². The third kappa shape index (κ3) is 4.95. The quantitative estimate of drug-likeness (QED) is 0.845. The highest BCUT2D eigenvalue weighted by Crippen LogP contribution is 2.29. The van der Waals surface area contributed by atoms with Gasteiger partial charge in [-0.3, -0.25) is 9.88 Å². The summed E-state index contributed by atoms with van der Waals surface area (Å²) < 4.78 is 0. The normalized spacial score (nSPS) is 14.5. The molecule has 1 saturated heterocycles. The van der Waals surface area contributed by atoms with Crippen molar-refractivity contribution < 1.29 is 0 Å². The number of anilines is 1. The van der Waals surface area contributed by atoms with Crippen molar-refractivity contribution in [1.82, 2.24) is 15.2 Å². The largest absolute Gasteiger partial charge is 0.367 e. The Morgan fingerprint density at radius 1 is 1.12 bits per heavy atom. The van der Waals surface area contributed by atoms with Gasteiger partial charge in [0.15, 0.2) is 0 Å². The molecule has 138 valence electrons. The summed E-state index contributed by atoms with van der Waals surface area (Å²) >= 11 is 0. The molecule has 0 aliphatic carbocycles. The molecule has 1 aliphatic rings. The molecule has 2 aromatic rings. The Hall–Kier alpha value is -2.13. The first-order valence-corrected chi connectivity index (χ1v) is 8.85. The maximum absolute atomic E-state index is 8.82. The summed E-state index contributed by atoms with van der Waals surface area (Å²) in [5, 5.41) is 12.0. The molecule has 1 aromatic carbocycles. The molecule has 2 heterocycles. The number of aromatic nitrogens is 1. The van der Waals surface area contributed by atoms with Gasteiger partial charge in [-0.05, 0) is 24.7 Å². The van der Waals surface area contributed by atoms with Crippen molar-refractivity contribution in [2.24, 2.45) is 0 Å². The van der Waals surface area contributed by atoms with Crippen LogP contribution in [0.2, 0.25) is 0 Å². The molecule has 3 rings (SSSR count). The molecule has 5 nitrogen and oxygen atoms in total. The number of pyridine rings is 1. The summed E-state index contributed by atoms with van der Waals surface area (Å²) in [5.41, 5.74) is 4.37. The van der Waals surface area contributed by atoms with Gasteiger partial charge in [-0.1, -0.05) is 24.3 Å². The van der Waals surface area contributed by atoms with Crippen LogP contribution < -0.4 is 10.2 Å². The molecule has 1 fully saturated rings. The Morgan fingerprint density at radius 3 is 2.50 bits per heavy atom. The van der Waals surface area contributed by atoms with Gasteiger partial charge >= 0.3 is 0 Å². The highest BCUT2D eigenvalue weighted by atomic mass is 35.5. The van der Waals surface area contributed by atoms with Gasteiger partial charge in [-0.25, -0.2) is 0 Å². The lowest BCUT2D eigenvalue weighted by Crippen LogP contribution is -2.48. The molecule has 1 aliphatic heterocycles. The molecule has 0 saturated carbocycles. The van der Waals surface area contributed by atoms with Crippen molar-refractivity contribution in [2.75, 3.05) is 51.2 Å². The molecule has 0 atom stereocenters. The average Bonchev–Trinajstić information content (AvgIpc) is 2.68. The Balaban J connectivity index is 0.00000243. The highest BCUT2D eigenvalue weighted by molar-refractivity contribution is 5.85. The number of nitrogens with one attached hydrogen (secondary N) is 1. The lowest BCUT2D eigenvalue weighted by atomic mass is 10.0. The summed E-state index contributed by atoms with van der Waals surface area (Å²) in [6.07, 6.45) is 2.30. The minimum absolute atomic E-state index is 0. The van der Waals surface area contributed by atoms with E-state index in [1.807, 2.05) is 31.4 Å². The van der Waals surface area contributed by atoms with Crippen LogP contribution in [0, 0.1) is 11.3 Å². The second-order valence-electron chi connectivity index (χ2n) is 6.34. The predicted octanol–water partition coefficient (Wildman–Crippen LogP) is 2.58. The van der Waals surface area contributed by atoms with Crippen LogP contribution in [0.1, 0.15) is 5.56 Å². The fourth-order valence-corrected chi connectivity index (χ4v) is 3.23. The molecule has 26 heavy (non-hydrogen) atoms. The minimum Gasteiger partial charge on any atom is -0.367 e. The van der Waals surface area contributed by atoms with E-state index in [-0.39, 0.29) is 12.4 Å². The first kappa shape index (κ1) is 20.2. The van der Waals surface area contributed by atoms with E-state index < -0.39 is 0 Å². The molecular formula is C20H26ClN5. The van der Waals surface area contributed by atoms with E-state index in [1.54, 1.807) is 0 Å². The molecule has 0 spiro atoms. The fraction of sp³-hybridized carbons (Fsp3) is 0.400. The van der Waals surface area contributed by atoms with Crippen molar-refractivity contribution in [3.63, 3.8) is 0 Å². The molecule has 1 aromatic heterocycles. The number of piperazine rings is 1. The van der Waals surface area contributed by atoms with E-state index >= 15 is 0 Å². The van der Waals surface area contributed by atoms with Gasteiger partial charge in [0.05, 0.1) is 23.9 Å². The zero-order valence-corrected chi connectivity index (χ0v) is 16.0. The van der Waals surface area contributed by atoms with Crippen LogP contribution in [0.5, 0.6) is 0 Å². The molecular weight excluding hydrogens is 346 g/mol. The van der Waals surface area contributed by atoms with Gasteiger partial charge in [0, 0.05) is 51.0 Å². The Labute approximate surface area is 162 Å². The van der Waals surface area contributed by atoms with Gasteiger partial charge in [0.2, 0.25) is 0 Å². The molecule has 0 bridgehead atoms. The third-order valence-corrected chi connectivity index (χ3v) is 4.69. The van der Waals surface area contributed by atoms with E-state index in [1.165, 1.54) is 5.69 Å². The standard InChI is InChI=1S/C20H25N5.ClH/c1-22-11-12-24-13-15-25(16-14-24)19-3-2-10-23-20(19)18-6-4-17(5-7-18)8-9-21;/h2-7,10,22H,8,11-16H2,1H3;1H. The number of benzene rings is 1. The lowest BCUT2D eigenvalue weighted by molar-refractivity contribution is 0.260. The molecule has 1 N–H and O–H groups in total. The lowest BCUT2D eigenvalue weighted by Gasteiger charge is -2.36. The number of halogens is 1. The van der Waals surface area contributed by atoms with Crippen LogP contribution in [0.3, 0.4) is 0 Å². The Bertz CT molecular complexity index is 718. The van der Waals surface area contributed by atoms with Gasteiger partial charge < -0.3 is 10.2 Å². The van der Waals surface area contributed by atoms with Crippen molar-refractivity contribution in [2.45, 2.75) is 6.42 Å². The SMILES string of the molecule is CNCCN1CCN(c2cccnc2-c2ccc(CC#N)cc2)CC1.Cl. The van der Waals surface area contributed by atoms with Crippen LogP contribution in [0.25, 0.3) is 11.3 Å².